The quantitative estimate of drug-likeness (QED) is 0.149. The molecule has 9 heteroatoms. The van der Waals surface area contributed by atoms with Crippen LogP contribution in [-0.2, 0) is 11.3 Å². The Labute approximate surface area is 214 Å². The van der Waals surface area contributed by atoms with Gasteiger partial charge in [0.1, 0.15) is 5.82 Å². The maximum absolute atomic E-state index is 10.8. The molecule has 2 aromatic heterocycles. The van der Waals surface area contributed by atoms with E-state index in [0.717, 1.165) is 35.9 Å². The van der Waals surface area contributed by atoms with Gasteiger partial charge in [0.05, 0.1) is 11.4 Å². The van der Waals surface area contributed by atoms with Gasteiger partial charge in [-0.15, -0.1) is 0 Å². The third-order valence-corrected chi connectivity index (χ3v) is 5.41. The van der Waals surface area contributed by atoms with Crippen LogP contribution in [0.3, 0.4) is 0 Å². The van der Waals surface area contributed by atoms with Crippen LogP contribution in [0.2, 0.25) is 0 Å². The van der Waals surface area contributed by atoms with Gasteiger partial charge >= 0.3 is 0 Å². The van der Waals surface area contributed by atoms with Crippen LogP contribution in [-0.4, -0.2) is 61.7 Å². The fraction of sp³-hybridized carbons (Fsp3) is 0.333. The zero-order chi connectivity index (χ0) is 26.3. The van der Waals surface area contributed by atoms with Crippen molar-refractivity contribution < 1.29 is 4.79 Å². The zero-order valence-electron chi connectivity index (χ0n) is 21.8. The number of nitrogens with one attached hydrogen (secondary N) is 5. The Balaban J connectivity index is 0.000000380. The predicted molar refractivity (Wildman–Crippen MR) is 148 cm³/mol. The molecule has 0 aliphatic heterocycles. The molecule has 0 saturated carbocycles. The highest BCUT2D eigenvalue weighted by atomic mass is 16.1. The summed E-state index contributed by atoms with van der Waals surface area (Å²) in [6.45, 7) is 6.27. The monoisotopic (exact) mass is 490 g/mol. The van der Waals surface area contributed by atoms with Gasteiger partial charge < -0.3 is 31.6 Å². The first-order valence-electron chi connectivity index (χ1n) is 11.9. The van der Waals surface area contributed by atoms with Gasteiger partial charge in [-0.1, -0.05) is 30.3 Å². The van der Waals surface area contributed by atoms with Crippen molar-refractivity contribution in [3.8, 4) is 0 Å². The molecule has 0 radical (unpaired) electrons. The van der Waals surface area contributed by atoms with Gasteiger partial charge in [0.15, 0.2) is 0 Å². The molecule has 0 aliphatic carbocycles. The number of carbonyl (C=O) groups is 1. The lowest BCUT2D eigenvalue weighted by atomic mass is 10.1. The predicted octanol–water partition coefficient (Wildman–Crippen LogP) is 3.71. The second kappa shape index (κ2) is 15.4. The molecular weight excluding hydrogens is 452 g/mol. The van der Waals surface area contributed by atoms with Gasteiger partial charge in [0, 0.05) is 55.0 Å². The van der Waals surface area contributed by atoms with Crippen LogP contribution >= 0.6 is 0 Å². The summed E-state index contributed by atoms with van der Waals surface area (Å²) in [5.41, 5.74) is 5.20. The van der Waals surface area contributed by atoms with Crippen molar-refractivity contribution in [3.63, 3.8) is 0 Å². The van der Waals surface area contributed by atoms with E-state index in [2.05, 4.69) is 67.3 Å². The molecule has 1 amide bonds. The third kappa shape index (κ3) is 9.53. The van der Waals surface area contributed by atoms with Crippen molar-refractivity contribution in [2.75, 3.05) is 44.9 Å². The van der Waals surface area contributed by atoms with Crippen LogP contribution in [0.4, 0.5) is 17.2 Å². The van der Waals surface area contributed by atoms with Crippen LogP contribution in [0.25, 0.3) is 0 Å². The lowest BCUT2D eigenvalue weighted by Crippen LogP contribution is -2.27. The van der Waals surface area contributed by atoms with E-state index in [1.807, 2.05) is 46.3 Å². The summed E-state index contributed by atoms with van der Waals surface area (Å²) < 4.78 is 0. The van der Waals surface area contributed by atoms with Crippen LogP contribution in [0.1, 0.15) is 35.5 Å². The Morgan fingerprint density at radius 3 is 2.50 bits per heavy atom. The average molecular weight is 491 g/mol. The summed E-state index contributed by atoms with van der Waals surface area (Å²) >= 11 is 0. The van der Waals surface area contributed by atoms with E-state index in [-0.39, 0.29) is 0 Å². The first kappa shape index (κ1) is 28.6. The summed E-state index contributed by atoms with van der Waals surface area (Å²) in [6.07, 6.45) is 3.56. The highest BCUT2D eigenvalue weighted by Gasteiger charge is 2.12. The molecule has 0 saturated heterocycles. The molecule has 1 aromatic carbocycles. The van der Waals surface area contributed by atoms with Crippen LogP contribution < -0.4 is 21.3 Å². The molecule has 0 aliphatic rings. The summed E-state index contributed by atoms with van der Waals surface area (Å²) in [6, 6.07) is 16.3. The van der Waals surface area contributed by atoms with Gasteiger partial charge in [-0.3, -0.25) is 9.78 Å². The Kier molecular flexibility index (Phi) is 12.2. The number of aromatic nitrogens is 2. The Hall–Kier alpha value is -3.66. The number of likely N-dealkylation sites (N-methyl/N-ethyl adjacent to an activating group) is 1. The lowest BCUT2D eigenvalue weighted by molar-refractivity contribution is -0.105. The van der Waals surface area contributed by atoms with Gasteiger partial charge in [-0.2, -0.15) is 0 Å². The zero-order valence-corrected chi connectivity index (χ0v) is 21.8. The van der Waals surface area contributed by atoms with Gasteiger partial charge in [0.25, 0.3) is 0 Å². The first-order valence-corrected chi connectivity index (χ1v) is 11.9. The molecule has 0 unspecified atom stereocenters. The second-order valence-electron chi connectivity index (χ2n) is 8.54. The summed E-state index contributed by atoms with van der Waals surface area (Å²) in [5.74, 6) is 0.416. The maximum atomic E-state index is 10.8. The topological polar surface area (TPSA) is 118 Å². The largest absolute Gasteiger partial charge is 0.353 e. The number of hydrogen-bond donors (Lipinski definition) is 5. The van der Waals surface area contributed by atoms with Crippen LogP contribution in [0.5, 0.6) is 0 Å². The fourth-order valence-electron chi connectivity index (χ4n) is 3.33. The Bertz CT molecular complexity index is 1090. The molecule has 0 fully saturated rings. The van der Waals surface area contributed by atoms with Crippen molar-refractivity contribution >= 4 is 29.8 Å². The molecule has 36 heavy (non-hydrogen) atoms. The molecule has 2 heterocycles. The number of hydrogen-bond acceptors (Lipinski definition) is 8. The second-order valence-corrected chi connectivity index (χ2v) is 8.54. The Morgan fingerprint density at radius 2 is 1.89 bits per heavy atom. The summed E-state index contributed by atoms with van der Waals surface area (Å²) in [7, 11) is 6.00. The molecule has 9 nitrogen and oxygen atoms in total. The highest BCUT2D eigenvalue weighted by Crippen LogP contribution is 2.26. The van der Waals surface area contributed by atoms with Crippen molar-refractivity contribution in [2.45, 2.75) is 26.4 Å². The van der Waals surface area contributed by atoms with E-state index in [1.165, 1.54) is 11.8 Å². The minimum atomic E-state index is 0.416. The number of rotatable bonds is 12. The number of anilines is 3. The van der Waals surface area contributed by atoms with Crippen molar-refractivity contribution in [1.82, 2.24) is 25.5 Å². The highest BCUT2D eigenvalue weighted by molar-refractivity contribution is 5.90. The maximum Gasteiger partial charge on any atom is 0.212 e. The molecule has 0 bridgehead atoms. The smallest absolute Gasteiger partial charge is 0.212 e. The molecule has 0 spiro atoms. The summed E-state index contributed by atoms with van der Waals surface area (Å²) in [5, 5.41) is 20.2. The molecule has 1 atom stereocenters. The van der Waals surface area contributed by atoms with Crippen LogP contribution in [0, 0.1) is 12.3 Å². The normalized spacial score (nSPS) is 11.3. The number of benzene rings is 1. The van der Waals surface area contributed by atoms with Crippen LogP contribution in [0.15, 0.2) is 54.7 Å². The molecule has 192 valence electrons. The number of aryl methyl sites for hydroxylation is 1. The minimum absolute atomic E-state index is 0.416. The first-order chi connectivity index (χ1) is 17.4. The van der Waals surface area contributed by atoms with Gasteiger partial charge in [0.2, 0.25) is 6.41 Å². The fourth-order valence-corrected chi connectivity index (χ4v) is 3.33. The third-order valence-electron chi connectivity index (χ3n) is 5.41. The van der Waals surface area contributed by atoms with E-state index >= 15 is 0 Å². The minimum Gasteiger partial charge on any atom is -0.353 e. The Morgan fingerprint density at radius 1 is 1.14 bits per heavy atom. The lowest BCUT2D eigenvalue weighted by Gasteiger charge is -2.17. The van der Waals surface area contributed by atoms with E-state index < -0.39 is 0 Å². The van der Waals surface area contributed by atoms with Gasteiger partial charge in [-0.05, 0) is 58.8 Å². The molecular formula is C27H38N8O. The molecule has 3 rings (SSSR count). The van der Waals surface area contributed by atoms with E-state index in [1.54, 1.807) is 12.3 Å². The standard InChI is InChI=1S/C18H25N7O.C9H13N/c1-13-8-15(4-5-21-13)23-18-14(10-19)9-17(22-12-26)24-16(18)11-20-6-7-25(2)3;1-8(10-2)9-6-4-3-5-7-9/h4-5,8-10,12,19-20H,6-7,11H2,1-3H3,(H,21,23)(H,22,24,26);3-8,10H,1-2H3/t;8-/m.1/s1. The van der Waals surface area contributed by atoms with E-state index in [4.69, 9.17) is 5.41 Å². The number of carbonyl (C=O) groups excluding carboxylic acids is 1. The molecule has 3 aromatic rings. The summed E-state index contributed by atoms with van der Waals surface area (Å²) in [4.78, 5) is 21.6. The van der Waals surface area contributed by atoms with Crippen molar-refractivity contribution in [2.24, 2.45) is 0 Å². The number of nitrogens with zero attached hydrogens (tertiary/aromatic N) is 3. The van der Waals surface area contributed by atoms with Gasteiger partial charge in [-0.25, -0.2) is 4.98 Å². The van der Waals surface area contributed by atoms with E-state index in [0.29, 0.717) is 30.4 Å². The van der Waals surface area contributed by atoms with Crippen molar-refractivity contribution in [3.05, 3.63) is 77.2 Å². The van der Waals surface area contributed by atoms with E-state index in [9.17, 15) is 4.79 Å². The molecule has 5 N–H and O–H groups in total. The average Bonchev–Trinajstić information content (AvgIpc) is 2.88. The number of pyridine rings is 2. The number of amides is 1. The SMILES string of the molecule is CN[C@H](C)c1ccccc1.Cc1cc(Nc2c(C=N)cc(NC=O)nc2CNCCN(C)C)ccn1. The van der Waals surface area contributed by atoms with Crippen molar-refractivity contribution in [1.29, 1.82) is 5.41 Å².